The topological polar surface area (TPSA) is 56.7 Å². The molecule has 0 fully saturated rings. The third-order valence-electron chi connectivity index (χ3n) is 2.34. The van der Waals surface area contributed by atoms with E-state index in [0.29, 0.717) is 16.6 Å². The first-order chi connectivity index (χ1) is 7.87. The molecular weight excluding hydrogens is 233 g/mol. The van der Waals surface area contributed by atoms with E-state index in [9.17, 15) is 13.2 Å². The molecule has 92 valence electrons. The van der Waals surface area contributed by atoms with E-state index in [-0.39, 0.29) is 6.04 Å². The Hall–Kier alpha value is -1.63. The van der Waals surface area contributed by atoms with Gasteiger partial charge in [0.1, 0.15) is 6.54 Å². The average molecular weight is 244 g/mol. The quantitative estimate of drug-likeness (QED) is 0.879. The lowest BCUT2D eigenvalue weighted by molar-refractivity contribution is -0.141. The smallest absolute Gasteiger partial charge is 0.323 e. The number of fused-ring (bicyclic) bond motifs is 1. The Labute approximate surface area is 95.2 Å². The zero-order valence-corrected chi connectivity index (χ0v) is 9.07. The maximum Gasteiger partial charge on any atom is 0.408 e. The standard InChI is InChI=1S/C10H11F3N4/c1-6(14)8-2-7-3-16-17(5-10(11,12)13)9(7)4-15-8/h2-4,6H,5,14H2,1H3/t6-/m1/s1. The van der Waals surface area contributed by atoms with Crippen molar-refractivity contribution in [1.29, 1.82) is 0 Å². The number of nitrogens with two attached hydrogens (primary N) is 1. The van der Waals surface area contributed by atoms with Gasteiger partial charge in [-0.2, -0.15) is 18.3 Å². The molecule has 7 heteroatoms. The molecule has 0 bridgehead atoms. The second-order valence-electron chi connectivity index (χ2n) is 3.87. The van der Waals surface area contributed by atoms with Gasteiger partial charge in [-0.1, -0.05) is 0 Å². The van der Waals surface area contributed by atoms with Crippen LogP contribution in [0.2, 0.25) is 0 Å². The fourth-order valence-corrected chi connectivity index (χ4v) is 1.54. The van der Waals surface area contributed by atoms with Crippen molar-refractivity contribution < 1.29 is 13.2 Å². The van der Waals surface area contributed by atoms with Crippen LogP contribution in [0.4, 0.5) is 13.2 Å². The third-order valence-corrected chi connectivity index (χ3v) is 2.34. The Kier molecular flexibility index (Phi) is 2.78. The number of aromatic nitrogens is 3. The molecule has 4 nitrogen and oxygen atoms in total. The van der Waals surface area contributed by atoms with Crippen LogP contribution in [0.25, 0.3) is 10.9 Å². The number of rotatable bonds is 2. The SMILES string of the molecule is C[C@@H](N)c1cc2cnn(CC(F)(F)F)c2cn1. The molecule has 2 rings (SSSR count). The zero-order valence-electron chi connectivity index (χ0n) is 9.07. The van der Waals surface area contributed by atoms with Crippen molar-refractivity contribution in [3.63, 3.8) is 0 Å². The van der Waals surface area contributed by atoms with Gasteiger partial charge in [-0.15, -0.1) is 0 Å². The Bertz CT molecular complexity index is 530. The highest BCUT2D eigenvalue weighted by Gasteiger charge is 2.29. The molecule has 0 radical (unpaired) electrons. The summed E-state index contributed by atoms with van der Waals surface area (Å²) in [6, 6.07) is 1.39. The van der Waals surface area contributed by atoms with Crippen molar-refractivity contribution in [3.05, 3.63) is 24.2 Å². The van der Waals surface area contributed by atoms with Gasteiger partial charge in [0.15, 0.2) is 0 Å². The van der Waals surface area contributed by atoms with E-state index in [4.69, 9.17) is 5.73 Å². The molecule has 0 saturated heterocycles. The second-order valence-corrected chi connectivity index (χ2v) is 3.87. The van der Waals surface area contributed by atoms with Crippen LogP contribution in [0.5, 0.6) is 0 Å². The molecule has 0 amide bonds. The van der Waals surface area contributed by atoms with Gasteiger partial charge in [0, 0.05) is 11.4 Å². The molecule has 0 aliphatic carbocycles. The summed E-state index contributed by atoms with van der Waals surface area (Å²) in [5, 5.41) is 4.30. The summed E-state index contributed by atoms with van der Waals surface area (Å²) in [6.45, 7) is 0.643. The summed E-state index contributed by atoms with van der Waals surface area (Å²) < 4.78 is 37.6. The van der Waals surface area contributed by atoms with Gasteiger partial charge in [0.2, 0.25) is 0 Å². The Morgan fingerprint density at radius 3 is 2.71 bits per heavy atom. The minimum atomic E-state index is -4.29. The molecule has 1 atom stereocenters. The lowest BCUT2D eigenvalue weighted by atomic mass is 10.2. The summed E-state index contributed by atoms with van der Waals surface area (Å²) in [5.74, 6) is 0. The molecule has 2 heterocycles. The van der Waals surface area contributed by atoms with E-state index in [0.717, 1.165) is 4.68 Å². The molecule has 0 aromatic carbocycles. The maximum atomic E-state index is 12.3. The number of alkyl halides is 3. The maximum absolute atomic E-state index is 12.3. The first-order valence-corrected chi connectivity index (χ1v) is 5.00. The van der Waals surface area contributed by atoms with Crippen LogP contribution in [0.15, 0.2) is 18.5 Å². The fourth-order valence-electron chi connectivity index (χ4n) is 1.54. The van der Waals surface area contributed by atoms with Gasteiger partial charge in [-0.05, 0) is 13.0 Å². The minimum absolute atomic E-state index is 0.259. The molecule has 0 spiro atoms. The Balaban J connectivity index is 2.42. The van der Waals surface area contributed by atoms with Gasteiger partial charge in [0.25, 0.3) is 0 Å². The van der Waals surface area contributed by atoms with Crippen LogP contribution in [0, 0.1) is 0 Å². The summed E-state index contributed by atoms with van der Waals surface area (Å²) in [7, 11) is 0. The first kappa shape index (κ1) is 11.8. The molecule has 17 heavy (non-hydrogen) atoms. The number of pyridine rings is 1. The lowest BCUT2D eigenvalue weighted by Gasteiger charge is -2.08. The van der Waals surface area contributed by atoms with Crippen molar-refractivity contribution >= 4 is 10.9 Å². The predicted octanol–water partition coefficient (Wildman–Crippen LogP) is 2.01. The van der Waals surface area contributed by atoms with Gasteiger partial charge >= 0.3 is 6.18 Å². The molecular formula is C10H11F3N4. The van der Waals surface area contributed by atoms with E-state index >= 15 is 0 Å². The predicted molar refractivity (Wildman–Crippen MR) is 56.2 cm³/mol. The number of hydrogen-bond acceptors (Lipinski definition) is 3. The van der Waals surface area contributed by atoms with Crippen molar-refractivity contribution in [2.45, 2.75) is 25.7 Å². The van der Waals surface area contributed by atoms with Crippen LogP contribution in [0.1, 0.15) is 18.7 Å². The lowest BCUT2D eigenvalue weighted by Crippen LogP contribution is -2.18. The highest BCUT2D eigenvalue weighted by molar-refractivity contribution is 5.78. The number of nitrogens with zero attached hydrogens (tertiary/aromatic N) is 3. The highest BCUT2D eigenvalue weighted by atomic mass is 19.4. The molecule has 0 unspecified atom stereocenters. The van der Waals surface area contributed by atoms with Gasteiger partial charge in [0.05, 0.1) is 23.6 Å². The molecule has 2 aromatic heterocycles. The van der Waals surface area contributed by atoms with Gasteiger partial charge in [-0.3, -0.25) is 9.67 Å². The molecule has 0 aliphatic rings. The largest absolute Gasteiger partial charge is 0.408 e. The average Bonchev–Trinajstić information content (AvgIpc) is 2.58. The van der Waals surface area contributed by atoms with E-state index in [1.54, 1.807) is 13.0 Å². The van der Waals surface area contributed by atoms with E-state index in [1.165, 1.54) is 12.4 Å². The van der Waals surface area contributed by atoms with Crippen LogP contribution in [-0.2, 0) is 6.54 Å². The second kappa shape index (κ2) is 3.99. The number of hydrogen-bond donors (Lipinski definition) is 1. The van der Waals surface area contributed by atoms with Crippen LogP contribution < -0.4 is 5.73 Å². The van der Waals surface area contributed by atoms with Crippen molar-refractivity contribution in [2.24, 2.45) is 5.73 Å². The first-order valence-electron chi connectivity index (χ1n) is 5.00. The Morgan fingerprint density at radius 2 is 2.12 bits per heavy atom. The van der Waals surface area contributed by atoms with Crippen molar-refractivity contribution in [2.75, 3.05) is 0 Å². The van der Waals surface area contributed by atoms with Crippen LogP contribution in [-0.4, -0.2) is 20.9 Å². The van der Waals surface area contributed by atoms with Crippen molar-refractivity contribution in [1.82, 2.24) is 14.8 Å². The van der Waals surface area contributed by atoms with E-state index < -0.39 is 12.7 Å². The normalized spacial score (nSPS) is 14.2. The summed E-state index contributed by atoms with van der Waals surface area (Å²) in [6.07, 6.45) is -1.54. The summed E-state index contributed by atoms with van der Waals surface area (Å²) in [4.78, 5) is 4.02. The monoisotopic (exact) mass is 244 g/mol. The number of halogens is 3. The van der Waals surface area contributed by atoms with E-state index in [2.05, 4.69) is 10.1 Å². The van der Waals surface area contributed by atoms with E-state index in [1.807, 2.05) is 0 Å². The zero-order chi connectivity index (χ0) is 12.6. The summed E-state index contributed by atoms with van der Waals surface area (Å²) in [5.41, 5.74) is 6.63. The molecule has 0 saturated carbocycles. The third kappa shape index (κ3) is 2.55. The Morgan fingerprint density at radius 1 is 1.41 bits per heavy atom. The summed E-state index contributed by atoms with van der Waals surface area (Å²) >= 11 is 0. The van der Waals surface area contributed by atoms with Gasteiger partial charge < -0.3 is 5.73 Å². The molecule has 2 N–H and O–H groups in total. The van der Waals surface area contributed by atoms with Gasteiger partial charge in [-0.25, -0.2) is 0 Å². The van der Waals surface area contributed by atoms with Crippen LogP contribution >= 0.6 is 0 Å². The van der Waals surface area contributed by atoms with Crippen molar-refractivity contribution in [3.8, 4) is 0 Å². The fraction of sp³-hybridized carbons (Fsp3) is 0.400. The molecule has 2 aromatic rings. The highest BCUT2D eigenvalue weighted by Crippen LogP contribution is 2.22. The van der Waals surface area contributed by atoms with Crippen LogP contribution in [0.3, 0.4) is 0 Å². The minimum Gasteiger partial charge on any atom is -0.323 e. The molecule has 0 aliphatic heterocycles.